The van der Waals surface area contributed by atoms with Crippen molar-refractivity contribution in [2.45, 2.75) is 33.6 Å². The van der Waals surface area contributed by atoms with Crippen molar-refractivity contribution >= 4 is 17.5 Å². The highest BCUT2D eigenvalue weighted by molar-refractivity contribution is 6.18. The zero-order chi connectivity index (χ0) is 9.61. The molecule has 1 N–H and O–H groups in total. The Morgan fingerprint density at radius 3 is 2.50 bits per heavy atom. The van der Waals surface area contributed by atoms with Crippen LogP contribution in [0.1, 0.15) is 33.6 Å². The summed E-state index contributed by atoms with van der Waals surface area (Å²) in [6.45, 7) is 6.72. The number of hydrogen-bond donors (Lipinski definition) is 1. The smallest absolute Gasteiger partial charge is 0.220 e. The van der Waals surface area contributed by atoms with Crippen LogP contribution in [0.15, 0.2) is 0 Å². The van der Waals surface area contributed by atoms with Crippen LogP contribution in [0, 0.1) is 5.41 Å². The molecule has 1 amide bonds. The highest BCUT2D eigenvalue weighted by Crippen LogP contribution is 2.14. The van der Waals surface area contributed by atoms with Crippen LogP contribution in [-0.2, 0) is 4.79 Å². The van der Waals surface area contributed by atoms with Crippen molar-refractivity contribution in [3.8, 4) is 0 Å². The number of carbonyl (C=O) groups is 1. The van der Waals surface area contributed by atoms with E-state index < -0.39 is 0 Å². The number of rotatable bonds is 5. The molecule has 0 unspecified atom stereocenters. The molecular weight excluding hydrogens is 174 g/mol. The van der Waals surface area contributed by atoms with Gasteiger partial charge in [-0.2, -0.15) is 0 Å². The monoisotopic (exact) mass is 191 g/mol. The van der Waals surface area contributed by atoms with E-state index in [1.165, 1.54) is 0 Å². The first-order valence-corrected chi connectivity index (χ1v) is 4.88. The van der Waals surface area contributed by atoms with E-state index in [1.807, 2.05) is 20.8 Å². The van der Waals surface area contributed by atoms with E-state index in [4.69, 9.17) is 11.6 Å². The minimum Gasteiger partial charge on any atom is -0.356 e. The lowest BCUT2D eigenvalue weighted by atomic mass is 9.96. The van der Waals surface area contributed by atoms with Gasteiger partial charge in [0.15, 0.2) is 0 Å². The molecule has 72 valence electrons. The summed E-state index contributed by atoms with van der Waals surface area (Å²) < 4.78 is 0. The largest absolute Gasteiger partial charge is 0.356 e. The predicted molar refractivity (Wildman–Crippen MR) is 52.4 cm³/mol. The molecule has 0 aliphatic heterocycles. The molecule has 0 atom stereocenters. The molecule has 0 rings (SSSR count). The van der Waals surface area contributed by atoms with Crippen molar-refractivity contribution in [3.05, 3.63) is 0 Å². The van der Waals surface area contributed by atoms with Crippen molar-refractivity contribution in [2.24, 2.45) is 5.41 Å². The molecule has 2 nitrogen and oxygen atoms in total. The Hall–Kier alpha value is -0.240. The van der Waals surface area contributed by atoms with Gasteiger partial charge in [-0.3, -0.25) is 4.79 Å². The van der Waals surface area contributed by atoms with Gasteiger partial charge in [-0.05, 0) is 11.8 Å². The first kappa shape index (κ1) is 11.8. The Morgan fingerprint density at radius 2 is 2.08 bits per heavy atom. The second-order valence-corrected chi connectivity index (χ2v) is 4.09. The van der Waals surface area contributed by atoms with Gasteiger partial charge in [0.05, 0.1) is 0 Å². The molecule has 0 spiro atoms. The Balaban J connectivity index is 3.60. The van der Waals surface area contributed by atoms with Gasteiger partial charge in [-0.15, -0.1) is 11.6 Å². The van der Waals surface area contributed by atoms with Crippen molar-refractivity contribution in [1.29, 1.82) is 0 Å². The first-order valence-electron chi connectivity index (χ1n) is 4.34. The van der Waals surface area contributed by atoms with Crippen molar-refractivity contribution < 1.29 is 4.79 Å². The average Bonchev–Trinajstić information content (AvgIpc) is 2.02. The fourth-order valence-electron chi connectivity index (χ4n) is 0.701. The van der Waals surface area contributed by atoms with Gasteiger partial charge < -0.3 is 5.32 Å². The van der Waals surface area contributed by atoms with Crippen molar-refractivity contribution in [3.63, 3.8) is 0 Å². The second kappa shape index (κ2) is 5.41. The van der Waals surface area contributed by atoms with Gasteiger partial charge in [-0.25, -0.2) is 0 Å². The molecule has 0 saturated heterocycles. The number of nitrogens with one attached hydrogen (secondary N) is 1. The van der Waals surface area contributed by atoms with Gasteiger partial charge >= 0.3 is 0 Å². The molecule has 0 aromatic heterocycles. The maximum Gasteiger partial charge on any atom is 0.220 e. The summed E-state index contributed by atoms with van der Waals surface area (Å²) in [6, 6.07) is 0. The molecule has 0 aromatic rings. The number of alkyl halides is 1. The number of halogens is 1. The van der Waals surface area contributed by atoms with Crippen LogP contribution in [0.25, 0.3) is 0 Å². The van der Waals surface area contributed by atoms with E-state index in [9.17, 15) is 4.79 Å². The van der Waals surface area contributed by atoms with Gasteiger partial charge in [0.25, 0.3) is 0 Å². The van der Waals surface area contributed by atoms with Gasteiger partial charge in [0, 0.05) is 18.8 Å². The third-order valence-electron chi connectivity index (χ3n) is 1.60. The fraction of sp³-hybridized carbons (Fsp3) is 0.889. The standard InChI is InChI=1S/C9H18ClNO/c1-4-5-8(12)11-7-9(2,3)6-10/h4-7H2,1-3H3,(H,11,12). The summed E-state index contributed by atoms with van der Waals surface area (Å²) in [7, 11) is 0. The van der Waals surface area contributed by atoms with Crippen molar-refractivity contribution in [1.82, 2.24) is 5.32 Å². The molecule has 0 aliphatic carbocycles. The van der Waals surface area contributed by atoms with Crippen LogP contribution in [-0.4, -0.2) is 18.3 Å². The zero-order valence-electron chi connectivity index (χ0n) is 8.11. The highest BCUT2D eigenvalue weighted by atomic mass is 35.5. The maximum absolute atomic E-state index is 11.1. The summed E-state index contributed by atoms with van der Waals surface area (Å²) in [5.74, 6) is 0.690. The molecule has 0 heterocycles. The van der Waals surface area contributed by atoms with Crippen LogP contribution in [0.5, 0.6) is 0 Å². The molecule has 0 aromatic carbocycles. The molecule has 0 saturated carbocycles. The minimum absolute atomic E-state index is 0.00492. The van der Waals surface area contributed by atoms with Crippen LogP contribution in [0.2, 0.25) is 0 Å². The second-order valence-electron chi connectivity index (χ2n) is 3.82. The summed E-state index contributed by atoms with van der Waals surface area (Å²) >= 11 is 5.70. The maximum atomic E-state index is 11.1. The Bertz CT molecular complexity index is 145. The van der Waals surface area contributed by atoms with Crippen LogP contribution < -0.4 is 5.32 Å². The van der Waals surface area contributed by atoms with E-state index in [1.54, 1.807) is 0 Å². The molecule has 0 radical (unpaired) electrons. The Morgan fingerprint density at radius 1 is 1.50 bits per heavy atom. The third-order valence-corrected chi connectivity index (χ3v) is 2.33. The van der Waals surface area contributed by atoms with Crippen molar-refractivity contribution in [2.75, 3.05) is 12.4 Å². The molecule has 0 fully saturated rings. The molecule has 0 aliphatic rings. The van der Waals surface area contributed by atoms with E-state index >= 15 is 0 Å². The number of amides is 1. The average molecular weight is 192 g/mol. The summed E-state index contributed by atoms with van der Waals surface area (Å²) in [4.78, 5) is 11.1. The van der Waals surface area contributed by atoms with Crippen LogP contribution >= 0.6 is 11.6 Å². The quantitative estimate of drug-likeness (QED) is 0.664. The summed E-state index contributed by atoms with van der Waals surface area (Å²) in [6.07, 6.45) is 1.51. The summed E-state index contributed by atoms with van der Waals surface area (Å²) in [5.41, 5.74) is 0.00492. The zero-order valence-corrected chi connectivity index (χ0v) is 8.87. The van der Waals surface area contributed by atoms with E-state index in [-0.39, 0.29) is 11.3 Å². The Labute approximate surface area is 79.7 Å². The lowest BCUT2D eigenvalue weighted by Crippen LogP contribution is -2.34. The fourth-order valence-corrected chi connectivity index (χ4v) is 0.795. The normalized spacial score (nSPS) is 11.3. The van der Waals surface area contributed by atoms with Crippen LogP contribution in [0.3, 0.4) is 0 Å². The lowest BCUT2D eigenvalue weighted by Gasteiger charge is -2.21. The van der Waals surface area contributed by atoms with E-state index in [0.29, 0.717) is 18.8 Å². The van der Waals surface area contributed by atoms with Gasteiger partial charge in [0.1, 0.15) is 0 Å². The third kappa shape index (κ3) is 5.42. The molecule has 0 bridgehead atoms. The van der Waals surface area contributed by atoms with E-state index in [2.05, 4.69) is 5.32 Å². The minimum atomic E-state index is 0.00492. The predicted octanol–water partition coefficient (Wildman–Crippen LogP) is 2.17. The topological polar surface area (TPSA) is 29.1 Å². The lowest BCUT2D eigenvalue weighted by molar-refractivity contribution is -0.121. The van der Waals surface area contributed by atoms with Gasteiger partial charge in [0.2, 0.25) is 5.91 Å². The highest BCUT2D eigenvalue weighted by Gasteiger charge is 2.16. The van der Waals surface area contributed by atoms with E-state index in [0.717, 1.165) is 6.42 Å². The molecular formula is C9H18ClNO. The first-order chi connectivity index (χ1) is 5.52. The Kier molecular flexibility index (Phi) is 5.31. The van der Waals surface area contributed by atoms with Crippen LogP contribution in [0.4, 0.5) is 0 Å². The molecule has 12 heavy (non-hydrogen) atoms. The van der Waals surface area contributed by atoms with Gasteiger partial charge in [-0.1, -0.05) is 20.8 Å². The SMILES string of the molecule is CCCC(=O)NCC(C)(C)CCl. The molecule has 3 heteroatoms. The number of carbonyl (C=O) groups excluding carboxylic acids is 1. The number of hydrogen-bond acceptors (Lipinski definition) is 1. The summed E-state index contributed by atoms with van der Waals surface area (Å²) in [5, 5.41) is 2.85.